The summed E-state index contributed by atoms with van der Waals surface area (Å²) < 4.78 is 0. The van der Waals surface area contributed by atoms with Crippen molar-refractivity contribution in [1.29, 1.82) is 0 Å². The molecule has 0 aromatic heterocycles. The van der Waals surface area contributed by atoms with E-state index in [0.717, 1.165) is 193 Å². The van der Waals surface area contributed by atoms with Gasteiger partial charge in [-0.2, -0.15) is 0 Å². The Kier molecular flexibility index (Phi) is 65.4. The lowest BCUT2D eigenvalue weighted by molar-refractivity contribution is -0.168. The summed E-state index contributed by atoms with van der Waals surface area (Å²) in [5, 5.41) is 84.3. The van der Waals surface area contributed by atoms with Crippen LogP contribution in [0.1, 0.15) is 406 Å². The fraction of sp³-hybridized carbons (Fsp3) is 0.846. The van der Waals surface area contributed by atoms with Crippen molar-refractivity contribution in [3.8, 4) is 12.3 Å². The number of terminal acetylenes is 1. The summed E-state index contributed by atoms with van der Waals surface area (Å²) in [6.07, 6.45) is 60.3. The van der Waals surface area contributed by atoms with Gasteiger partial charge in [0.2, 0.25) is 0 Å². The Bertz CT molecular complexity index is 1890. The molecular formula is C78H140O17. The molecule has 0 aliphatic rings. The van der Waals surface area contributed by atoms with Gasteiger partial charge in [0.1, 0.15) is 0 Å². The second-order valence-electron chi connectivity index (χ2n) is 27.5. The highest BCUT2D eigenvalue weighted by Crippen LogP contribution is 2.36. The Labute approximate surface area is 576 Å². The predicted octanol–water partition coefficient (Wildman–Crippen LogP) is 22.1. The number of rotatable bonds is 70. The van der Waals surface area contributed by atoms with E-state index in [1.807, 2.05) is 0 Å². The van der Waals surface area contributed by atoms with Crippen LogP contribution in [-0.4, -0.2) is 93.7 Å². The minimum absolute atomic E-state index is 0.173. The number of carboxylic acids is 8. The fourth-order valence-corrected chi connectivity index (χ4v) is 12.6. The fourth-order valence-electron chi connectivity index (χ4n) is 12.6. The smallest absolute Gasteiger partial charge is 0.321 e. The van der Waals surface area contributed by atoms with E-state index < -0.39 is 64.0 Å². The number of hydrogen-bond donors (Lipinski definition) is 9. The van der Waals surface area contributed by atoms with Crippen LogP contribution in [0.2, 0.25) is 0 Å². The lowest BCUT2D eigenvalue weighted by atomic mass is 9.78. The van der Waals surface area contributed by atoms with Crippen molar-refractivity contribution in [1.82, 2.24) is 0 Å². The van der Waals surface area contributed by atoms with Gasteiger partial charge in [-0.3, -0.25) is 38.4 Å². The maximum Gasteiger partial charge on any atom is 0.321 e. The Morgan fingerprint density at radius 1 is 0.253 bits per heavy atom. The Hall–Kier alpha value is -5.14. The highest BCUT2D eigenvalue weighted by Gasteiger charge is 2.47. The van der Waals surface area contributed by atoms with Crippen molar-refractivity contribution >= 4 is 47.8 Å². The topological polar surface area (TPSA) is 319 Å². The largest absolute Gasteiger partial charge is 0.513 e. The van der Waals surface area contributed by atoms with Crippen molar-refractivity contribution in [3.05, 3.63) is 12.3 Å². The number of aliphatic hydroxyl groups excluding tert-OH is 1. The first-order valence-electron chi connectivity index (χ1n) is 38.2. The van der Waals surface area contributed by atoms with E-state index in [9.17, 15) is 69.0 Å². The molecule has 0 aliphatic heterocycles. The highest BCUT2D eigenvalue weighted by atomic mass is 16.4. The minimum atomic E-state index is -1.68. The number of allylic oxidation sites excluding steroid dienone is 1. The van der Waals surface area contributed by atoms with E-state index >= 15 is 0 Å². The first-order valence-corrected chi connectivity index (χ1v) is 38.2. The van der Waals surface area contributed by atoms with Crippen molar-refractivity contribution in [2.75, 3.05) is 0 Å². The number of carbonyl (C=O) groups is 8. The Morgan fingerprint density at radius 2 is 0.411 bits per heavy atom. The molecule has 0 aliphatic carbocycles. The number of unbranched alkanes of at least 4 members (excludes halogenated alkanes) is 46. The summed E-state index contributed by atoms with van der Waals surface area (Å²) in [5.41, 5.74) is -4.92. The molecule has 0 heterocycles. The molecule has 0 amide bonds. The number of aliphatic carboxylic acids is 8. The molecule has 0 saturated carbocycles. The predicted molar refractivity (Wildman–Crippen MR) is 382 cm³/mol. The summed E-state index contributed by atoms with van der Waals surface area (Å²) in [7, 11) is 0. The molecule has 9 N–H and O–H groups in total. The van der Waals surface area contributed by atoms with Crippen LogP contribution in [0.25, 0.3) is 0 Å². The van der Waals surface area contributed by atoms with Gasteiger partial charge in [0.15, 0.2) is 16.2 Å². The van der Waals surface area contributed by atoms with E-state index in [1.54, 1.807) is 0 Å². The molecule has 95 heavy (non-hydrogen) atoms. The quantitative estimate of drug-likeness (QED) is 0.0118. The van der Waals surface area contributed by atoms with Crippen molar-refractivity contribution in [2.45, 2.75) is 406 Å². The van der Waals surface area contributed by atoms with Gasteiger partial charge in [-0.15, -0.1) is 12.3 Å². The maximum absolute atomic E-state index is 11.9. The molecule has 0 atom stereocenters. The average molecular weight is 1350 g/mol. The lowest BCUT2D eigenvalue weighted by Gasteiger charge is -2.25. The van der Waals surface area contributed by atoms with Crippen LogP contribution in [0.5, 0.6) is 0 Å². The zero-order chi connectivity index (χ0) is 71.5. The molecule has 0 aromatic rings. The monoisotopic (exact) mass is 1350 g/mol. The third kappa shape index (κ3) is 54.6. The summed E-state index contributed by atoms with van der Waals surface area (Å²) in [5.74, 6) is -5.81. The van der Waals surface area contributed by atoms with Crippen LogP contribution in [0.3, 0.4) is 0 Å². The van der Waals surface area contributed by atoms with Crippen LogP contribution in [0, 0.1) is 28.6 Å². The number of hydrogen-bond acceptors (Lipinski definition) is 9. The summed E-state index contributed by atoms with van der Waals surface area (Å²) in [4.78, 5) is 91.9. The molecule has 0 saturated heterocycles. The van der Waals surface area contributed by atoms with E-state index in [-0.39, 0.29) is 57.1 Å². The van der Waals surface area contributed by atoms with Gasteiger partial charge < -0.3 is 46.0 Å². The van der Waals surface area contributed by atoms with Crippen LogP contribution in [-0.2, 0) is 38.4 Å². The molecule has 17 nitrogen and oxygen atoms in total. The first kappa shape index (κ1) is 94.0. The summed E-state index contributed by atoms with van der Waals surface area (Å²) in [6, 6.07) is 0. The van der Waals surface area contributed by atoms with Gasteiger partial charge in [0.05, 0.1) is 5.76 Å². The maximum atomic E-state index is 11.9. The molecule has 0 spiro atoms. The van der Waals surface area contributed by atoms with Crippen LogP contribution in [0.15, 0.2) is 12.3 Å². The number of aliphatic hydroxyl groups is 1. The second-order valence-corrected chi connectivity index (χ2v) is 27.5. The van der Waals surface area contributed by atoms with Gasteiger partial charge in [0.25, 0.3) is 0 Å². The summed E-state index contributed by atoms with van der Waals surface area (Å²) >= 11 is 0. The first-order chi connectivity index (χ1) is 45.6. The standard InChI is InChI=1S/C27H52O4.C26H46O7.C25H42O6/c1-3-5-7-9-11-13-15-17-19-21-23-27(25(28)29,26(30)31)24-22-20-18-16-14-12-10-8-6-4-2;1-22(27)18-14-10-6-2-4-8-12-16-20-26(24(30)31,25(32)33)21-17-13-9-5-3-7-11-15-19-23(28)29;1-2-3-4-5-6-8-11-14-17-20-25(23(28)29,24(30)31)21-18-15-12-9-7-10-13-16-19-22(26)27/h3-24H2,1-2H3,(H,28,29)(H,30,31);27H,1-21H2,(H,28,29)(H,30,31)(H,32,33);1H,3-21H2,(H,26,27)(H,28,29)(H,30,31). The molecule has 0 aromatic carbocycles. The third-order valence-corrected chi connectivity index (χ3v) is 19.1. The zero-order valence-electron chi connectivity index (χ0n) is 60.2. The molecule has 0 bridgehead atoms. The van der Waals surface area contributed by atoms with E-state index in [0.29, 0.717) is 57.8 Å². The van der Waals surface area contributed by atoms with Gasteiger partial charge in [-0.1, -0.05) is 322 Å². The van der Waals surface area contributed by atoms with Crippen molar-refractivity contribution in [2.24, 2.45) is 16.2 Å². The van der Waals surface area contributed by atoms with Gasteiger partial charge in [-0.05, 0) is 64.2 Å². The third-order valence-electron chi connectivity index (χ3n) is 19.1. The molecule has 0 rings (SSSR count). The molecule has 0 fully saturated rings. The van der Waals surface area contributed by atoms with E-state index in [1.165, 1.54) is 89.9 Å². The van der Waals surface area contributed by atoms with Crippen LogP contribution >= 0.6 is 0 Å². The molecule has 0 radical (unpaired) electrons. The lowest BCUT2D eigenvalue weighted by Crippen LogP contribution is -2.39. The molecule has 17 heteroatoms. The van der Waals surface area contributed by atoms with Crippen LogP contribution in [0.4, 0.5) is 0 Å². The highest BCUT2D eigenvalue weighted by molar-refractivity contribution is 5.99. The summed E-state index contributed by atoms with van der Waals surface area (Å²) in [6.45, 7) is 7.93. The Balaban J connectivity index is -0.00000134. The van der Waals surface area contributed by atoms with E-state index in [4.69, 9.17) is 21.7 Å². The molecule has 0 unspecified atom stereocenters. The Morgan fingerprint density at radius 3 is 0.568 bits per heavy atom. The van der Waals surface area contributed by atoms with Gasteiger partial charge in [-0.25, -0.2) is 0 Å². The van der Waals surface area contributed by atoms with E-state index in [2.05, 4.69) is 26.3 Å². The molecule has 554 valence electrons. The normalized spacial score (nSPS) is 11.4. The molecular weight excluding hydrogens is 1210 g/mol. The average Bonchev–Trinajstić information content (AvgIpc) is 0.860. The van der Waals surface area contributed by atoms with Crippen molar-refractivity contribution in [3.63, 3.8) is 0 Å². The zero-order valence-corrected chi connectivity index (χ0v) is 60.2. The van der Waals surface area contributed by atoms with Crippen LogP contribution < -0.4 is 0 Å². The van der Waals surface area contributed by atoms with Gasteiger partial charge in [0, 0.05) is 25.7 Å². The van der Waals surface area contributed by atoms with Crippen molar-refractivity contribution < 1.29 is 84.3 Å². The second kappa shape index (κ2) is 66.1. The SMILES string of the molecule is C#CCCCCCCCCCC(CCCCCCCCCCC(=O)O)(C(=O)O)C(=O)O.C=C(O)CCCCCCCCCCC(CCCCCCCCCCC(=O)O)(C(=O)O)C(=O)O.CCCCCCCCCCCCC(CCCCCCCCCCCC)(C(=O)O)C(=O)O. The number of carboxylic acid groups (broad SMARTS) is 8. The van der Waals surface area contributed by atoms with Gasteiger partial charge >= 0.3 is 47.8 Å². The minimum Gasteiger partial charge on any atom is -0.513 e.